The highest BCUT2D eigenvalue weighted by Gasteiger charge is 2.21. The van der Waals surface area contributed by atoms with Gasteiger partial charge in [-0.15, -0.1) is 0 Å². The highest BCUT2D eigenvalue weighted by Crippen LogP contribution is 2.35. The van der Waals surface area contributed by atoms with Crippen LogP contribution in [-0.2, 0) is 9.84 Å². The number of aryl methyl sites for hydroxylation is 1. The van der Waals surface area contributed by atoms with Gasteiger partial charge < -0.3 is 10.2 Å². The average Bonchev–Trinajstić information content (AvgIpc) is 3.20. The number of anilines is 1. The largest absolute Gasteiger partial charge is 0.338 e. The van der Waals surface area contributed by atoms with E-state index in [0.29, 0.717) is 29.0 Å². The molecule has 0 radical (unpaired) electrons. The van der Waals surface area contributed by atoms with Crippen molar-refractivity contribution in [3.63, 3.8) is 0 Å². The number of aromatic nitrogens is 1. The molecule has 1 saturated heterocycles. The van der Waals surface area contributed by atoms with Gasteiger partial charge in [-0.1, -0.05) is 29.0 Å². The first-order chi connectivity index (χ1) is 13.6. The van der Waals surface area contributed by atoms with Gasteiger partial charge in [-0.3, -0.25) is 5.32 Å². The summed E-state index contributed by atoms with van der Waals surface area (Å²) in [4.78, 5) is 19.8. The number of rotatable bonds is 6. The van der Waals surface area contributed by atoms with Crippen LogP contribution in [0.15, 0.2) is 23.1 Å². The Balaban J connectivity index is 1.65. The molecule has 1 unspecified atom stereocenters. The molecule has 2 N–H and O–H groups in total. The topological polar surface area (TPSA) is 91.4 Å². The minimum absolute atomic E-state index is 0.0774. The van der Waals surface area contributed by atoms with Gasteiger partial charge in [0.15, 0.2) is 15.0 Å². The number of urea groups is 1. The van der Waals surface area contributed by atoms with Crippen LogP contribution in [0.1, 0.15) is 25.0 Å². The van der Waals surface area contributed by atoms with Crippen molar-refractivity contribution in [1.29, 1.82) is 0 Å². The lowest BCUT2D eigenvalue weighted by molar-refractivity contribution is 0.248. The maximum atomic E-state index is 12.2. The van der Waals surface area contributed by atoms with Crippen molar-refractivity contribution in [3.8, 4) is 10.4 Å². The zero-order valence-corrected chi connectivity index (χ0v) is 19.0. The molecule has 1 aromatic heterocycles. The van der Waals surface area contributed by atoms with E-state index in [2.05, 4.69) is 27.6 Å². The highest BCUT2D eigenvalue weighted by atomic mass is 35.5. The second kappa shape index (κ2) is 8.99. The molecular weight excluding hydrogens is 432 g/mol. The van der Waals surface area contributed by atoms with E-state index in [4.69, 9.17) is 11.6 Å². The predicted molar refractivity (Wildman–Crippen MR) is 118 cm³/mol. The lowest BCUT2D eigenvalue weighted by Gasteiger charge is -2.19. The van der Waals surface area contributed by atoms with Crippen molar-refractivity contribution in [2.24, 2.45) is 0 Å². The number of nitrogens with one attached hydrogen (secondary N) is 2. The smallest absolute Gasteiger partial charge is 0.321 e. The molecule has 1 aliphatic heterocycles. The summed E-state index contributed by atoms with van der Waals surface area (Å²) in [5.74, 6) is 0. The molecule has 0 bridgehead atoms. The fraction of sp³-hybridized carbons (Fsp3) is 0.474. The minimum Gasteiger partial charge on any atom is -0.338 e. The van der Waals surface area contributed by atoms with Crippen LogP contribution in [0.4, 0.5) is 9.93 Å². The zero-order valence-electron chi connectivity index (χ0n) is 16.7. The first-order valence-electron chi connectivity index (χ1n) is 9.37. The van der Waals surface area contributed by atoms with Crippen LogP contribution >= 0.6 is 22.9 Å². The SMILES string of the molecule is Cc1nc(NC(=O)NCCC2CCCN2C)sc1-c1ccc(Cl)c(S(C)(=O)=O)c1. The lowest BCUT2D eigenvalue weighted by atomic mass is 10.1. The molecule has 2 aromatic rings. The van der Waals surface area contributed by atoms with Crippen molar-refractivity contribution < 1.29 is 13.2 Å². The standard InChI is InChI=1S/C19H25ClN4O3S2/c1-12-17(13-6-7-15(20)16(11-13)29(3,26)27)28-19(22-12)23-18(25)21-9-8-14-5-4-10-24(14)2/h6-7,11,14H,4-5,8-10H2,1-3H3,(H2,21,22,23,25). The molecule has 1 atom stereocenters. The maximum Gasteiger partial charge on any atom is 0.321 e. The van der Waals surface area contributed by atoms with Crippen LogP contribution in [0.3, 0.4) is 0 Å². The van der Waals surface area contributed by atoms with Gasteiger partial charge in [0, 0.05) is 18.8 Å². The van der Waals surface area contributed by atoms with E-state index in [1.807, 2.05) is 6.92 Å². The Labute approximate surface area is 180 Å². The van der Waals surface area contributed by atoms with Crippen LogP contribution in [0.25, 0.3) is 10.4 Å². The molecule has 2 amide bonds. The Kier molecular flexibility index (Phi) is 6.83. The quantitative estimate of drug-likeness (QED) is 0.690. The van der Waals surface area contributed by atoms with E-state index in [1.54, 1.807) is 18.2 Å². The first-order valence-corrected chi connectivity index (χ1v) is 12.5. The number of amides is 2. The summed E-state index contributed by atoms with van der Waals surface area (Å²) in [6.07, 6.45) is 4.43. The van der Waals surface area contributed by atoms with Gasteiger partial charge in [-0.05, 0) is 57.5 Å². The van der Waals surface area contributed by atoms with E-state index in [0.717, 1.165) is 24.1 Å². The summed E-state index contributed by atoms with van der Waals surface area (Å²) in [7, 11) is -1.33. The molecule has 0 aliphatic carbocycles. The molecule has 3 rings (SSSR count). The van der Waals surface area contributed by atoms with Crippen LogP contribution in [0.5, 0.6) is 0 Å². The molecule has 0 saturated carbocycles. The summed E-state index contributed by atoms with van der Waals surface area (Å²) in [5.41, 5.74) is 1.40. The third-order valence-electron chi connectivity index (χ3n) is 5.04. The lowest BCUT2D eigenvalue weighted by Crippen LogP contribution is -2.34. The molecule has 29 heavy (non-hydrogen) atoms. The number of benzene rings is 1. The number of carbonyl (C=O) groups excluding carboxylic acids is 1. The highest BCUT2D eigenvalue weighted by molar-refractivity contribution is 7.90. The maximum absolute atomic E-state index is 12.2. The van der Waals surface area contributed by atoms with E-state index in [-0.39, 0.29) is 15.9 Å². The fourth-order valence-corrected chi connectivity index (χ4v) is 5.74. The number of nitrogens with zero attached hydrogens (tertiary/aromatic N) is 2. The molecule has 7 nitrogen and oxygen atoms in total. The van der Waals surface area contributed by atoms with Crippen LogP contribution in [0.2, 0.25) is 5.02 Å². The van der Waals surface area contributed by atoms with Gasteiger partial charge in [0.1, 0.15) is 0 Å². The second-order valence-electron chi connectivity index (χ2n) is 7.30. The van der Waals surface area contributed by atoms with Crippen LogP contribution in [-0.4, -0.2) is 56.8 Å². The summed E-state index contributed by atoms with van der Waals surface area (Å²) in [6, 6.07) is 5.09. The monoisotopic (exact) mass is 456 g/mol. The number of hydrogen-bond donors (Lipinski definition) is 2. The molecule has 2 heterocycles. The van der Waals surface area contributed by atoms with Crippen molar-refractivity contribution in [1.82, 2.24) is 15.2 Å². The van der Waals surface area contributed by atoms with Crippen LogP contribution < -0.4 is 10.6 Å². The zero-order chi connectivity index (χ0) is 21.2. The number of likely N-dealkylation sites (tertiary alicyclic amines) is 1. The molecular formula is C19H25ClN4O3S2. The summed E-state index contributed by atoms with van der Waals surface area (Å²) < 4.78 is 23.8. The minimum atomic E-state index is -3.44. The summed E-state index contributed by atoms with van der Waals surface area (Å²) in [6.45, 7) is 3.54. The number of sulfone groups is 1. The third kappa shape index (κ3) is 5.48. The van der Waals surface area contributed by atoms with E-state index >= 15 is 0 Å². The van der Waals surface area contributed by atoms with E-state index in [1.165, 1.54) is 24.2 Å². The van der Waals surface area contributed by atoms with Crippen molar-refractivity contribution >= 4 is 43.9 Å². The van der Waals surface area contributed by atoms with Crippen LogP contribution in [0, 0.1) is 6.92 Å². The molecule has 10 heteroatoms. The van der Waals surface area contributed by atoms with Gasteiger partial charge in [-0.25, -0.2) is 18.2 Å². The molecule has 0 spiro atoms. The normalized spacial score (nSPS) is 17.4. The molecule has 1 fully saturated rings. The van der Waals surface area contributed by atoms with Gasteiger partial charge in [0.2, 0.25) is 0 Å². The Morgan fingerprint density at radius 3 is 2.83 bits per heavy atom. The predicted octanol–water partition coefficient (Wildman–Crippen LogP) is 3.78. The molecule has 1 aliphatic rings. The van der Waals surface area contributed by atoms with Gasteiger partial charge in [0.25, 0.3) is 0 Å². The Morgan fingerprint density at radius 1 is 1.41 bits per heavy atom. The average molecular weight is 457 g/mol. The van der Waals surface area contributed by atoms with Gasteiger partial charge in [-0.2, -0.15) is 0 Å². The third-order valence-corrected chi connectivity index (χ3v) is 7.74. The number of hydrogen-bond acceptors (Lipinski definition) is 6. The number of halogens is 1. The van der Waals surface area contributed by atoms with Gasteiger partial charge >= 0.3 is 6.03 Å². The first kappa shape index (κ1) is 22.0. The molecule has 158 valence electrons. The van der Waals surface area contributed by atoms with Crippen molar-refractivity contribution in [2.75, 3.05) is 31.7 Å². The Morgan fingerprint density at radius 2 is 2.17 bits per heavy atom. The Bertz CT molecular complexity index is 1010. The van der Waals surface area contributed by atoms with Gasteiger partial charge in [0.05, 0.1) is 20.5 Å². The van der Waals surface area contributed by atoms with E-state index < -0.39 is 9.84 Å². The summed E-state index contributed by atoms with van der Waals surface area (Å²) in [5, 5.41) is 6.29. The Hall–Kier alpha value is -1.68. The molecule has 1 aromatic carbocycles. The summed E-state index contributed by atoms with van der Waals surface area (Å²) >= 11 is 7.32. The van der Waals surface area contributed by atoms with Crippen molar-refractivity contribution in [2.45, 2.75) is 37.1 Å². The van der Waals surface area contributed by atoms with Crippen molar-refractivity contribution in [3.05, 3.63) is 28.9 Å². The fourth-order valence-electron chi connectivity index (χ4n) is 3.48. The van der Waals surface area contributed by atoms with E-state index in [9.17, 15) is 13.2 Å². The second-order valence-corrected chi connectivity index (χ2v) is 10.7. The number of carbonyl (C=O) groups is 1. The number of thiazole rings is 1.